The van der Waals surface area contributed by atoms with E-state index < -0.39 is 30.8 Å². The second kappa shape index (κ2) is 8.91. The van der Waals surface area contributed by atoms with Gasteiger partial charge in [-0.3, -0.25) is 4.39 Å². The molecule has 0 bridgehead atoms. The highest BCUT2D eigenvalue weighted by Gasteiger charge is 2.43. The Morgan fingerprint density at radius 3 is 2.83 bits per heavy atom. The zero-order valence-electron chi connectivity index (χ0n) is 16.3. The number of aliphatic hydroxyl groups is 2. The van der Waals surface area contributed by atoms with E-state index in [0.717, 1.165) is 25.0 Å². The number of halogens is 2. The van der Waals surface area contributed by atoms with Crippen LogP contribution in [0.15, 0.2) is 12.7 Å². The van der Waals surface area contributed by atoms with Gasteiger partial charge in [-0.1, -0.05) is 6.92 Å². The number of imidazole rings is 1. The molecule has 1 saturated heterocycles. The van der Waals surface area contributed by atoms with E-state index in [4.69, 9.17) is 11.6 Å². The van der Waals surface area contributed by atoms with E-state index in [9.17, 15) is 14.6 Å². The fourth-order valence-corrected chi connectivity index (χ4v) is 6.33. The molecule has 0 amide bonds. The molecule has 160 valence electrons. The molecule has 3 N–H and O–H groups in total. The number of alkyl halides is 2. The van der Waals surface area contributed by atoms with Crippen molar-refractivity contribution in [2.45, 2.75) is 67.5 Å². The van der Waals surface area contributed by atoms with Crippen LogP contribution < -0.4 is 5.32 Å². The monoisotopic (exact) mass is 443 g/mol. The SMILES string of the molecule is CC[C@H](CC1SCCC1Cl)Nc1ncnc2c1ncn2[C@H]1C[C@H](CF)[C@@H](O)[C@@H]1O. The van der Waals surface area contributed by atoms with Crippen molar-refractivity contribution in [2.75, 3.05) is 17.7 Å². The molecule has 0 aromatic carbocycles. The van der Waals surface area contributed by atoms with Crippen LogP contribution in [0.3, 0.4) is 0 Å². The Morgan fingerprint density at radius 2 is 2.17 bits per heavy atom. The van der Waals surface area contributed by atoms with Gasteiger partial charge in [0.25, 0.3) is 0 Å². The standard InChI is InChI=1S/C19H27ClFN5O2S/c1-2-11(6-14-12(20)3-4-29-14)25-18-15-19(23-8-22-18)26(9-24-15)13-5-10(7-21)16(27)17(13)28/h8-14,16-17,27-28H,2-7H2,1H3,(H,22,23,25)/t10-,11-,12?,13+,14?,16-,17-/m1/s1. The van der Waals surface area contributed by atoms with Crippen molar-refractivity contribution in [3.05, 3.63) is 12.7 Å². The third-order valence-corrected chi connectivity index (χ3v) is 8.26. The van der Waals surface area contributed by atoms with Crippen LogP contribution in [-0.2, 0) is 0 Å². The number of thioether (sulfide) groups is 1. The fourth-order valence-electron chi connectivity index (χ4n) is 4.37. The van der Waals surface area contributed by atoms with Gasteiger partial charge in [0.05, 0.1) is 25.1 Å². The van der Waals surface area contributed by atoms with Gasteiger partial charge in [-0.25, -0.2) is 15.0 Å². The Kier molecular flexibility index (Phi) is 6.48. The average Bonchev–Trinajstić information content (AvgIpc) is 3.41. The van der Waals surface area contributed by atoms with Crippen molar-refractivity contribution in [2.24, 2.45) is 5.92 Å². The predicted octanol–water partition coefficient (Wildman–Crippen LogP) is 2.77. The number of aromatic nitrogens is 4. The summed E-state index contributed by atoms with van der Waals surface area (Å²) in [4.78, 5) is 13.2. The number of anilines is 1. The quantitative estimate of drug-likeness (QED) is 0.566. The molecule has 7 nitrogen and oxygen atoms in total. The smallest absolute Gasteiger partial charge is 0.165 e. The Hall–Kier alpha value is -1.16. The van der Waals surface area contributed by atoms with E-state index >= 15 is 0 Å². The number of hydrogen-bond donors (Lipinski definition) is 3. The zero-order valence-corrected chi connectivity index (χ0v) is 17.9. The summed E-state index contributed by atoms with van der Waals surface area (Å²) >= 11 is 8.37. The van der Waals surface area contributed by atoms with E-state index in [1.54, 1.807) is 10.9 Å². The van der Waals surface area contributed by atoms with E-state index in [2.05, 4.69) is 27.2 Å². The van der Waals surface area contributed by atoms with Gasteiger partial charge < -0.3 is 20.1 Å². The van der Waals surface area contributed by atoms with Crippen LogP contribution in [-0.4, -0.2) is 71.0 Å². The summed E-state index contributed by atoms with van der Waals surface area (Å²) in [5.41, 5.74) is 1.18. The van der Waals surface area contributed by atoms with Crippen LogP contribution in [0.1, 0.15) is 38.6 Å². The first-order chi connectivity index (χ1) is 14.0. The first-order valence-electron chi connectivity index (χ1n) is 10.1. The van der Waals surface area contributed by atoms with Gasteiger partial charge in [0.1, 0.15) is 17.9 Å². The zero-order chi connectivity index (χ0) is 20.5. The number of nitrogens with zero attached hydrogens (tertiary/aromatic N) is 4. The van der Waals surface area contributed by atoms with Gasteiger partial charge in [0.15, 0.2) is 11.5 Å². The van der Waals surface area contributed by atoms with Gasteiger partial charge in [0, 0.05) is 22.6 Å². The summed E-state index contributed by atoms with van der Waals surface area (Å²) in [6, 6.07) is -0.253. The molecule has 2 aliphatic rings. The summed E-state index contributed by atoms with van der Waals surface area (Å²) in [6.45, 7) is 1.47. The van der Waals surface area contributed by atoms with Crippen LogP contribution in [0.4, 0.5) is 10.2 Å². The highest BCUT2D eigenvalue weighted by Crippen LogP contribution is 2.38. The fraction of sp³-hybridized carbons (Fsp3) is 0.737. The molecule has 29 heavy (non-hydrogen) atoms. The molecule has 1 aliphatic heterocycles. The summed E-state index contributed by atoms with van der Waals surface area (Å²) in [5.74, 6) is 1.17. The van der Waals surface area contributed by atoms with Crippen LogP contribution in [0.25, 0.3) is 11.2 Å². The molecule has 2 fully saturated rings. The lowest BCUT2D eigenvalue weighted by Crippen LogP contribution is -2.30. The maximum atomic E-state index is 13.1. The lowest BCUT2D eigenvalue weighted by molar-refractivity contribution is 0.00271. The van der Waals surface area contributed by atoms with Gasteiger partial charge >= 0.3 is 0 Å². The minimum Gasteiger partial charge on any atom is -0.390 e. The van der Waals surface area contributed by atoms with Gasteiger partial charge in [-0.05, 0) is 31.4 Å². The normalized spacial score (nSPS) is 33.4. The van der Waals surface area contributed by atoms with Crippen molar-refractivity contribution >= 4 is 40.3 Å². The predicted molar refractivity (Wildman–Crippen MR) is 113 cm³/mol. The number of hydrogen-bond acceptors (Lipinski definition) is 7. The maximum absolute atomic E-state index is 13.1. The molecule has 4 rings (SSSR count). The number of fused-ring (bicyclic) bond motifs is 1. The van der Waals surface area contributed by atoms with Crippen LogP contribution in [0, 0.1) is 5.92 Å². The van der Waals surface area contributed by atoms with Crippen molar-refractivity contribution in [1.29, 1.82) is 0 Å². The van der Waals surface area contributed by atoms with Gasteiger partial charge in [0.2, 0.25) is 0 Å². The molecule has 2 aromatic heterocycles. The van der Waals surface area contributed by atoms with Crippen LogP contribution in [0.2, 0.25) is 0 Å². The van der Waals surface area contributed by atoms with E-state index in [1.807, 2.05) is 11.8 Å². The molecule has 1 aliphatic carbocycles. The topological polar surface area (TPSA) is 96.1 Å². The molecule has 7 atom stereocenters. The van der Waals surface area contributed by atoms with E-state index in [1.165, 1.54) is 6.33 Å². The molecular formula is C19H27ClFN5O2S. The summed E-state index contributed by atoms with van der Waals surface area (Å²) < 4.78 is 14.9. The Bertz CT molecular complexity index is 842. The molecule has 2 unspecified atom stereocenters. The average molecular weight is 444 g/mol. The molecule has 1 saturated carbocycles. The third-order valence-electron chi connectivity index (χ3n) is 6.17. The second-order valence-electron chi connectivity index (χ2n) is 7.94. The molecule has 0 radical (unpaired) electrons. The maximum Gasteiger partial charge on any atom is 0.165 e. The molecular weight excluding hydrogens is 417 g/mol. The number of rotatable bonds is 7. The molecule has 2 aromatic rings. The van der Waals surface area contributed by atoms with Gasteiger partial charge in [-0.15, -0.1) is 11.6 Å². The minimum absolute atomic E-state index is 0.208. The van der Waals surface area contributed by atoms with Crippen molar-refractivity contribution in [3.8, 4) is 0 Å². The Balaban J connectivity index is 1.56. The van der Waals surface area contributed by atoms with Crippen LogP contribution >= 0.6 is 23.4 Å². The molecule has 10 heteroatoms. The highest BCUT2D eigenvalue weighted by molar-refractivity contribution is 8.00. The first kappa shape index (κ1) is 21.1. The van der Waals surface area contributed by atoms with Crippen molar-refractivity contribution < 1.29 is 14.6 Å². The summed E-state index contributed by atoms with van der Waals surface area (Å²) in [5, 5.41) is 24.6. The molecule has 0 spiro atoms. The van der Waals surface area contributed by atoms with Crippen molar-refractivity contribution in [1.82, 2.24) is 19.5 Å². The second-order valence-corrected chi connectivity index (χ2v) is 9.85. The Morgan fingerprint density at radius 1 is 1.34 bits per heavy atom. The van der Waals surface area contributed by atoms with E-state index in [0.29, 0.717) is 28.7 Å². The van der Waals surface area contributed by atoms with Crippen molar-refractivity contribution in [3.63, 3.8) is 0 Å². The number of nitrogens with one attached hydrogen (secondary N) is 1. The third kappa shape index (κ3) is 4.06. The summed E-state index contributed by atoms with van der Waals surface area (Å²) in [6.07, 6.45) is 4.19. The summed E-state index contributed by atoms with van der Waals surface area (Å²) in [7, 11) is 0. The first-order valence-corrected chi connectivity index (χ1v) is 11.6. The largest absolute Gasteiger partial charge is 0.390 e. The lowest BCUT2D eigenvalue weighted by atomic mass is 10.1. The molecule has 3 heterocycles. The minimum atomic E-state index is -1.08. The Labute approximate surface area is 178 Å². The van der Waals surface area contributed by atoms with E-state index in [-0.39, 0.29) is 11.4 Å². The van der Waals surface area contributed by atoms with Gasteiger partial charge in [-0.2, -0.15) is 11.8 Å². The number of aliphatic hydroxyl groups excluding tert-OH is 2. The lowest BCUT2D eigenvalue weighted by Gasteiger charge is -2.22. The highest BCUT2D eigenvalue weighted by atomic mass is 35.5. The van der Waals surface area contributed by atoms with Crippen LogP contribution in [0.5, 0.6) is 0 Å².